The number of nitrogens with zero attached hydrogens (tertiary/aromatic N) is 3. The first-order chi connectivity index (χ1) is 15.2. The van der Waals surface area contributed by atoms with Gasteiger partial charge in [0.15, 0.2) is 0 Å². The van der Waals surface area contributed by atoms with Crippen molar-refractivity contribution >= 4 is 10.0 Å². The van der Waals surface area contributed by atoms with Crippen molar-refractivity contribution in [2.45, 2.75) is 48.4 Å². The number of hydrogen-bond acceptors (Lipinski definition) is 5. The Bertz CT molecular complexity index is 1090. The van der Waals surface area contributed by atoms with Crippen LogP contribution in [0.15, 0.2) is 47.5 Å². The maximum atomic E-state index is 13.0. The summed E-state index contributed by atoms with van der Waals surface area (Å²) < 4.78 is 72.4. The smallest absolute Gasteiger partial charge is 0.416 e. The lowest BCUT2D eigenvalue weighted by atomic mass is 10.1. The Morgan fingerprint density at radius 3 is 2.56 bits per heavy atom. The number of rotatable bonds is 5. The van der Waals surface area contributed by atoms with Gasteiger partial charge < -0.3 is 4.74 Å². The predicted molar refractivity (Wildman–Crippen MR) is 111 cm³/mol. The van der Waals surface area contributed by atoms with E-state index in [1.54, 1.807) is 0 Å². The molecule has 2 aliphatic heterocycles. The third kappa shape index (κ3) is 4.35. The fourth-order valence-electron chi connectivity index (χ4n) is 4.54. The molecule has 2 atom stereocenters. The maximum Gasteiger partial charge on any atom is 0.416 e. The Labute approximate surface area is 185 Å². The molecule has 1 aromatic carbocycles. The van der Waals surface area contributed by atoms with Crippen molar-refractivity contribution in [1.82, 2.24) is 14.2 Å². The summed E-state index contributed by atoms with van der Waals surface area (Å²) in [6.07, 6.45) is 0.225. The molecule has 3 aliphatic rings. The highest BCUT2D eigenvalue weighted by molar-refractivity contribution is 7.89. The fourth-order valence-corrected chi connectivity index (χ4v) is 6.06. The van der Waals surface area contributed by atoms with Crippen LogP contribution in [0, 0.1) is 0 Å². The minimum atomic E-state index is -4.59. The van der Waals surface area contributed by atoms with Gasteiger partial charge in [-0.2, -0.15) is 17.5 Å². The van der Waals surface area contributed by atoms with Crippen molar-refractivity contribution in [2.75, 3.05) is 26.2 Å². The zero-order chi connectivity index (χ0) is 22.5. The van der Waals surface area contributed by atoms with Gasteiger partial charge in [0.05, 0.1) is 10.5 Å². The van der Waals surface area contributed by atoms with Gasteiger partial charge in [-0.25, -0.2) is 13.4 Å². The lowest BCUT2D eigenvalue weighted by Crippen LogP contribution is -2.51. The Hall–Kier alpha value is -2.17. The fraction of sp³-hybridized carbons (Fsp3) is 0.500. The molecule has 3 fully saturated rings. The average Bonchev–Trinajstić information content (AvgIpc) is 3.53. The van der Waals surface area contributed by atoms with Crippen molar-refractivity contribution in [3.8, 4) is 5.88 Å². The first-order valence-electron chi connectivity index (χ1n) is 10.7. The Morgan fingerprint density at radius 1 is 1.06 bits per heavy atom. The summed E-state index contributed by atoms with van der Waals surface area (Å²) in [6.45, 7) is 1.65. The molecule has 1 aromatic heterocycles. The zero-order valence-corrected chi connectivity index (χ0v) is 18.1. The summed E-state index contributed by atoms with van der Waals surface area (Å²) in [5.74, 6) is 1.19. The Kier molecular flexibility index (Phi) is 5.42. The van der Waals surface area contributed by atoms with Crippen LogP contribution in [0.2, 0.25) is 0 Å². The molecule has 3 heterocycles. The quantitative estimate of drug-likeness (QED) is 0.674. The monoisotopic (exact) mass is 467 g/mol. The van der Waals surface area contributed by atoms with Crippen LogP contribution in [0.5, 0.6) is 5.88 Å². The van der Waals surface area contributed by atoms with E-state index in [0.29, 0.717) is 37.4 Å². The molecule has 172 valence electrons. The topological polar surface area (TPSA) is 62.7 Å². The largest absolute Gasteiger partial charge is 0.473 e. The number of hydrogen-bond donors (Lipinski definition) is 0. The lowest BCUT2D eigenvalue weighted by Gasteiger charge is -2.36. The van der Waals surface area contributed by atoms with Crippen LogP contribution in [0.4, 0.5) is 13.2 Å². The summed E-state index contributed by atoms with van der Waals surface area (Å²) in [4.78, 5) is 6.26. The van der Waals surface area contributed by atoms with E-state index >= 15 is 0 Å². The summed E-state index contributed by atoms with van der Waals surface area (Å²) in [5.41, 5.74) is 0.267. The Morgan fingerprint density at radius 2 is 1.88 bits per heavy atom. The van der Waals surface area contributed by atoms with E-state index in [4.69, 9.17) is 4.74 Å². The first-order valence-corrected chi connectivity index (χ1v) is 12.2. The van der Waals surface area contributed by atoms with Crippen LogP contribution in [0.25, 0.3) is 0 Å². The molecular formula is C22H24F3N3O3S. The van der Waals surface area contributed by atoms with Gasteiger partial charge in [-0.3, -0.25) is 4.90 Å². The SMILES string of the molecule is O=S(=O)(c1cccc(C(F)(F)F)c1)N1CCN2C[C@H](Oc3ccc(C4CC4)cn3)C[C@H]2C1. The number of halogens is 3. The molecule has 2 aromatic rings. The molecule has 0 N–H and O–H groups in total. The van der Waals surface area contributed by atoms with Gasteiger partial charge in [-0.05, 0) is 42.5 Å². The van der Waals surface area contributed by atoms with Gasteiger partial charge in [0.1, 0.15) is 6.10 Å². The van der Waals surface area contributed by atoms with Crippen LogP contribution >= 0.6 is 0 Å². The second-order valence-corrected chi connectivity index (χ2v) is 10.7. The first kappa shape index (κ1) is 21.7. The summed E-state index contributed by atoms with van der Waals surface area (Å²) >= 11 is 0. The lowest BCUT2D eigenvalue weighted by molar-refractivity contribution is -0.137. The number of benzene rings is 1. The molecule has 0 spiro atoms. The average molecular weight is 468 g/mol. The van der Waals surface area contributed by atoms with E-state index in [0.717, 1.165) is 12.1 Å². The van der Waals surface area contributed by atoms with Crippen LogP contribution in [-0.2, 0) is 16.2 Å². The molecule has 2 saturated heterocycles. The van der Waals surface area contributed by atoms with Crippen LogP contribution in [-0.4, -0.2) is 60.9 Å². The molecule has 0 bridgehead atoms. The standard InChI is InChI=1S/C22H24F3N3O3S/c23-22(24,25)17-2-1-3-20(10-17)32(29,30)28-9-8-27-14-19(11-18(27)13-28)31-21-7-6-16(12-26-21)15-4-5-15/h1-3,6-7,10,12,15,18-19H,4-5,8-9,11,13-14H2/t18-,19+/m0/s1. The minimum Gasteiger partial charge on any atom is -0.473 e. The number of pyridine rings is 1. The molecular weight excluding hydrogens is 443 g/mol. The number of alkyl halides is 3. The van der Waals surface area contributed by atoms with Crippen LogP contribution in [0.3, 0.4) is 0 Å². The van der Waals surface area contributed by atoms with E-state index in [2.05, 4.69) is 9.88 Å². The van der Waals surface area contributed by atoms with Crippen molar-refractivity contribution in [1.29, 1.82) is 0 Å². The molecule has 0 unspecified atom stereocenters. The van der Waals surface area contributed by atoms with Gasteiger partial charge in [0, 0.05) is 50.9 Å². The summed E-state index contributed by atoms with van der Waals surface area (Å²) in [7, 11) is -4.01. The van der Waals surface area contributed by atoms with Crippen LogP contribution < -0.4 is 4.74 Å². The number of aromatic nitrogens is 1. The van der Waals surface area contributed by atoms with Crippen LogP contribution in [0.1, 0.15) is 36.3 Å². The maximum absolute atomic E-state index is 13.0. The van der Waals surface area contributed by atoms with Crippen molar-refractivity contribution in [2.24, 2.45) is 0 Å². The van der Waals surface area contributed by atoms with E-state index < -0.39 is 21.8 Å². The second-order valence-electron chi connectivity index (χ2n) is 8.72. The molecule has 5 rings (SSSR count). The third-order valence-electron chi connectivity index (χ3n) is 6.44. The number of sulfonamides is 1. The highest BCUT2D eigenvalue weighted by Crippen LogP contribution is 2.40. The normalized spacial score (nSPS) is 25.0. The molecule has 0 amide bonds. The molecule has 32 heavy (non-hydrogen) atoms. The molecule has 1 aliphatic carbocycles. The summed E-state index contributed by atoms with van der Waals surface area (Å²) in [6, 6.07) is 7.82. The molecule has 6 nitrogen and oxygen atoms in total. The van der Waals surface area contributed by atoms with Gasteiger partial charge in [0.25, 0.3) is 0 Å². The number of ether oxygens (including phenoxy) is 1. The van der Waals surface area contributed by atoms with E-state index in [-0.39, 0.29) is 30.1 Å². The number of piperazine rings is 1. The molecule has 10 heteroatoms. The number of fused-ring (bicyclic) bond motifs is 1. The zero-order valence-electron chi connectivity index (χ0n) is 17.3. The predicted octanol–water partition coefficient (Wildman–Crippen LogP) is 3.50. The van der Waals surface area contributed by atoms with Gasteiger partial charge >= 0.3 is 6.18 Å². The highest BCUT2D eigenvalue weighted by Gasteiger charge is 2.41. The third-order valence-corrected chi connectivity index (χ3v) is 8.30. The van der Waals surface area contributed by atoms with Gasteiger partial charge in [-0.1, -0.05) is 12.1 Å². The second kappa shape index (κ2) is 8.00. The minimum absolute atomic E-state index is 0.0416. The van der Waals surface area contributed by atoms with Crippen molar-refractivity contribution < 1.29 is 26.3 Å². The van der Waals surface area contributed by atoms with E-state index in [1.165, 1.54) is 28.8 Å². The highest BCUT2D eigenvalue weighted by atomic mass is 32.2. The van der Waals surface area contributed by atoms with Crippen molar-refractivity contribution in [3.05, 3.63) is 53.7 Å². The summed E-state index contributed by atoms with van der Waals surface area (Å²) in [5, 5.41) is 0. The van der Waals surface area contributed by atoms with Crippen molar-refractivity contribution in [3.63, 3.8) is 0 Å². The van der Waals surface area contributed by atoms with E-state index in [9.17, 15) is 21.6 Å². The van der Waals surface area contributed by atoms with E-state index in [1.807, 2.05) is 18.3 Å². The van der Waals surface area contributed by atoms with Gasteiger partial charge in [0.2, 0.25) is 15.9 Å². The van der Waals surface area contributed by atoms with Gasteiger partial charge in [-0.15, -0.1) is 0 Å². The Balaban J connectivity index is 1.24. The molecule has 1 saturated carbocycles. The molecule has 0 radical (unpaired) electrons.